The van der Waals surface area contributed by atoms with Gasteiger partial charge in [-0.3, -0.25) is 14.9 Å². The van der Waals surface area contributed by atoms with Gasteiger partial charge in [-0.05, 0) is 25.1 Å². The van der Waals surface area contributed by atoms with Gasteiger partial charge < -0.3 is 14.8 Å². The van der Waals surface area contributed by atoms with Crippen molar-refractivity contribution in [3.8, 4) is 0 Å². The largest absolute Gasteiger partial charge is 0.469 e. The van der Waals surface area contributed by atoms with Crippen molar-refractivity contribution in [1.29, 1.82) is 0 Å². The van der Waals surface area contributed by atoms with Crippen LogP contribution < -0.4 is 5.32 Å². The topological polar surface area (TPSA) is 106 Å². The number of nitrogens with one attached hydrogen (secondary N) is 1. The molecule has 0 aliphatic heterocycles. The number of aliphatic hydroxyl groups is 1. The highest BCUT2D eigenvalue weighted by Gasteiger charge is 2.25. The average Bonchev–Trinajstić information content (AvgIpc) is 2.97. The maximum absolute atomic E-state index is 12.1. The molecule has 0 saturated heterocycles. The first-order chi connectivity index (χ1) is 10.4. The summed E-state index contributed by atoms with van der Waals surface area (Å²) in [5, 5.41) is 23.7. The van der Waals surface area contributed by atoms with Gasteiger partial charge >= 0.3 is 0 Å². The normalized spacial score (nSPS) is 13.4. The zero-order valence-electron chi connectivity index (χ0n) is 12.0. The molecule has 1 aromatic heterocycles. The Morgan fingerprint density at radius 3 is 2.73 bits per heavy atom. The zero-order valence-corrected chi connectivity index (χ0v) is 12.0. The first-order valence-corrected chi connectivity index (χ1v) is 6.65. The lowest BCUT2D eigenvalue weighted by molar-refractivity contribution is -0.385. The Morgan fingerprint density at radius 2 is 2.09 bits per heavy atom. The van der Waals surface area contributed by atoms with Crippen molar-refractivity contribution in [3.05, 3.63) is 64.1 Å². The lowest BCUT2D eigenvalue weighted by atomic mass is 10.0. The fraction of sp³-hybridized carbons (Fsp3) is 0.267. The van der Waals surface area contributed by atoms with Gasteiger partial charge in [0, 0.05) is 19.0 Å². The van der Waals surface area contributed by atoms with E-state index in [0.717, 1.165) is 0 Å². The number of carbonyl (C=O) groups is 1. The third kappa shape index (κ3) is 3.92. The summed E-state index contributed by atoms with van der Waals surface area (Å²) in [7, 11) is 0. The van der Waals surface area contributed by atoms with Gasteiger partial charge in [-0.15, -0.1) is 0 Å². The number of furan rings is 1. The molecule has 1 aromatic carbocycles. The van der Waals surface area contributed by atoms with Gasteiger partial charge in [0.2, 0.25) is 0 Å². The second-order valence-corrected chi connectivity index (χ2v) is 5.21. The summed E-state index contributed by atoms with van der Waals surface area (Å²) >= 11 is 0. The molecule has 7 nitrogen and oxygen atoms in total. The molecule has 2 N–H and O–H groups in total. The van der Waals surface area contributed by atoms with E-state index in [2.05, 4.69) is 5.32 Å². The van der Waals surface area contributed by atoms with E-state index in [9.17, 15) is 20.0 Å². The molecular weight excluding hydrogens is 288 g/mol. The summed E-state index contributed by atoms with van der Waals surface area (Å²) in [4.78, 5) is 22.4. The first-order valence-electron chi connectivity index (χ1n) is 6.65. The van der Waals surface area contributed by atoms with Gasteiger partial charge in [0.05, 0.1) is 16.8 Å². The van der Waals surface area contributed by atoms with Crippen molar-refractivity contribution in [2.45, 2.75) is 18.9 Å². The van der Waals surface area contributed by atoms with Crippen LogP contribution in [0.2, 0.25) is 0 Å². The van der Waals surface area contributed by atoms with Crippen LogP contribution in [-0.2, 0) is 6.42 Å². The Labute approximate surface area is 126 Å². The van der Waals surface area contributed by atoms with E-state index in [1.54, 1.807) is 25.1 Å². The summed E-state index contributed by atoms with van der Waals surface area (Å²) < 4.78 is 5.15. The van der Waals surface area contributed by atoms with Gasteiger partial charge in [0.1, 0.15) is 11.3 Å². The summed E-state index contributed by atoms with van der Waals surface area (Å²) in [6.45, 7) is 1.49. The Bertz CT molecular complexity index is 664. The van der Waals surface area contributed by atoms with Gasteiger partial charge in [-0.2, -0.15) is 0 Å². The predicted molar refractivity (Wildman–Crippen MR) is 78.5 cm³/mol. The molecule has 0 saturated carbocycles. The fourth-order valence-electron chi connectivity index (χ4n) is 2.04. The van der Waals surface area contributed by atoms with Gasteiger partial charge in [-0.25, -0.2) is 0 Å². The van der Waals surface area contributed by atoms with E-state index in [4.69, 9.17) is 4.42 Å². The fourth-order valence-corrected chi connectivity index (χ4v) is 2.04. The molecule has 0 fully saturated rings. The number of benzene rings is 1. The maximum atomic E-state index is 12.1. The van der Waals surface area contributed by atoms with E-state index in [-0.39, 0.29) is 24.2 Å². The molecule has 2 aromatic rings. The second kappa shape index (κ2) is 6.40. The molecule has 0 bridgehead atoms. The molecule has 2 rings (SSSR count). The molecule has 1 unspecified atom stereocenters. The first kappa shape index (κ1) is 15.7. The Balaban J connectivity index is 2.02. The van der Waals surface area contributed by atoms with Crippen molar-refractivity contribution in [3.63, 3.8) is 0 Å². The Morgan fingerprint density at radius 1 is 1.36 bits per heavy atom. The molecule has 0 spiro atoms. The summed E-state index contributed by atoms with van der Waals surface area (Å²) in [6.07, 6.45) is 1.72. The number of hydrogen-bond acceptors (Lipinski definition) is 5. The molecule has 0 aliphatic rings. The predicted octanol–water partition coefficient (Wildman–Crippen LogP) is 1.91. The van der Waals surface area contributed by atoms with Crippen molar-refractivity contribution >= 4 is 11.6 Å². The number of rotatable bonds is 6. The Kier molecular flexibility index (Phi) is 4.57. The van der Waals surface area contributed by atoms with E-state index < -0.39 is 16.4 Å². The van der Waals surface area contributed by atoms with E-state index in [0.29, 0.717) is 5.76 Å². The lowest BCUT2D eigenvalue weighted by Gasteiger charge is -2.22. The van der Waals surface area contributed by atoms with Crippen LogP contribution in [0.5, 0.6) is 0 Å². The molecule has 1 atom stereocenters. The minimum absolute atomic E-state index is 0.0405. The standard InChI is InChI=1S/C15H16N2O5/c1-15(19,9-11-5-4-8-22-11)10-16-14(18)12-6-2-3-7-13(12)17(20)21/h2-8,19H,9-10H2,1H3,(H,16,18). The summed E-state index contributed by atoms with van der Waals surface area (Å²) in [5.41, 5.74) is -1.54. The number of nitro groups is 1. The van der Waals surface area contributed by atoms with Crippen molar-refractivity contribution in [2.24, 2.45) is 0 Å². The van der Waals surface area contributed by atoms with Crippen molar-refractivity contribution in [1.82, 2.24) is 5.32 Å². The summed E-state index contributed by atoms with van der Waals surface area (Å²) in [6, 6.07) is 9.09. The number of para-hydroxylation sites is 1. The smallest absolute Gasteiger partial charge is 0.282 e. The van der Waals surface area contributed by atoms with Crippen molar-refractivity contribution in [2.75, 3.05) is 6.54 Å². The van der Waals surface area contributed by atoms with Crippen LogP contribution in [0.25, 0.3) is 0 Å². The Hall–Kier alpha value is -2.67. The highest BCUT2D eigenvalue weighted by atomic mass is 16.6. The number of amides is 1. The number of nitro benzene ring substituents is 1. The molecule has 1 amide bonds. The lowest BCUT2D eigenvalue weighted by Crippen LogP contribution is -2.42. The van der Waals surface area contributed by atoms with Gasteiger partial charge in [0.25, 0.3) is 11.6 Å². The minimum atomic E-state index is -1.23. The molecule has 116 valence electrons. The van der Waals surface area contributed by atoms with E-state index >= 15 is 0 Å². The monoisotopic (exact) mass is 304 g/mol. The van der Waals surface area contributed by atoms with Gasteiger partial charge in [0.15, 0.2) is 0 Å². The van der Waals surface area contributed by atoms with Gasteiger partial charge in [-0.1, -0.05) is 12.1 Å². The molecule has 7 heteroatoms. The average molecular weight is 304 g/mol. The van der Waals surface area contributed by atoms with Crippen LogP contribution in [0.15, 0.2) is 47.1 Å². The van der Waals surface area contributed by atoms with Crippen LogP contribution in [-0.4, -0.2) is 28.1 Å². The van der Waals surface area contributed by atoms with Crippen LogP contribution in [0.1, 0.15) is 23.0 Å². The van der Waals surface area contributed by atoms with Crippen molar-refractivity contribution < 1.29 is 19.2 Å². The second-order valence-electron chi connectivity index (χ2n) is 5.21. The van der Waals surface area contributed by atoms with Crippen LogP contribution in [0.4, 0.5) is 5.69 Å². The minimum Gasteiger partial charge on any atom is -0.469 e. The van der Waals surface area contributed by atoms with Crippen LogP contribution in [0.3, 0.4) is 0 Å². The number of hydrogen-bond donors (Lipinski definition) is 2. The molecule has 22 heavy (non-hydrogen) atoms. The molecule has 1 heterocycles. The van der Waals surface area contributed by atoms with Crippen LogP contribution in [0, 0.1) is 10.1 Å². The van der Waals surface area contributed by atoms with E-state index in [1.165, 1.54) is 24.5 Å². The maximum Gasteiger partial charge on any atom is 0.282 e. The highest BCUT2D eigenvalue weighted by molar-refractivity contribution is 5.98. The number of nitrogens with zero attached hydrogens (tertiary/aromatic N) is 1. The SMILES string of the molecule is CC(O)(CNC(=O)c1ccccc1[N+](=O)[O-])Cc1ccco1. The van der Waals surface area contributed by atoms with E-state index in [1.807, 2.05) is 0 Å². The molecule has 0 radical (unpaired) electrons. The van der Waals surface area contributed by atoms with Crippen LogP contribution >= 0.6 is 0 Å². The third-order valence-corrected chi connectivity index (χ3v) is 3.11. The quantitative estimate of drug-likeness (QED) is 0.626. The third-order valence-electron chi connectivity index (χ3n) is 3.11. The number of carbonyl (C=O) groups excluding carboxylic acids is 1. The molecule has 0 aliphatic carbocycles. The highest BCUT2D eigenvalue weighted by Crippen LogP contribution is 2.18. The summed E-state index contributed by atoms with van der Waals surface area (Å²) in [5.74, 6) is -0.0167. The molecular formula is C15H16N2O5. The zero-order chi connectivity index (χ0) is 16.2.